The molecular formula is C23H20N2O4S. The monoisotopic (exact) mass is 420 g/mol. The van der Waals surface area contributed by atoms with Gasteiger partial charge in [-0.2, -0.15) is 0 Å². The topological polar surface area (TPSA) is 81.4 Å². The molecule has 4 rings (SSSR count). The van der Waals surface area contributed by atoms with Gasteiger partial charge in [-0.05, 0) is 49.4 Å². The molecule has 0 bridgehead atoms. The van der Waals surface area contributed by atoms with Gasteiger partial charge in [0.25, 0.3) is 10.0 Å². The average Bonchev–Trinajstić information content (AvgIpc) is 3.24. The number of nitrogens with one attached hydrogen (secondary N) is 1. The van der Waals surface area contributed by atoms with E-state index in [4.69, 9.17) is 9.15 Å². The molecule has 1 heterocycles. The number of benzene rings is 3. The maximum Gasteiger partial charge on any atom is 0.261 e. The molecule has 1 aromatic heterocycles. The number of rotatable bonds is 6. The number of hydrogen-bond acceptors (Lipinski definition) is 5. The van der Waals surface area contributed by atoms with Crippen molar-refractivity contribution in [3.63, 3.8) is 0 Å². The molecule has 7 heteroatoms. The van der Waals surface area contributed by atoms with Gasteiger partial charge in [-0.25, -0.2) is 13.4 Å². The fraction of sp³-hybridized carbons (Fsp3) is 0.0870. The number of oxazole rings is 1. The average molecular weight is 420 g/mol. The summed E-state index contributed by atoms with van der Waals surface area (Å²) in [5.41, 5.74) is 3.92. The van der Waals surface area contributed by atoms with E-state index >= 15 is 0 Å². The lowest BCUT2D eigenvalue weighted by atomic mass is 10.1. The van der Waals surface area contributed by atoms with E-state index in [1.807, 2.05) is 37.3 Å². The summed E-state index contributed by atoms with van der Waals surface area (Å²) in [6.07, 6.45) is 1.59. The van der Waals surface area contributed by atoms with Crippen molar-refractivity contribution in [3.8, 4) is 28.5 Å². The van der Waals surface area contributed by atoms with Crippen LogP contribution in [0.5, 0.6) is 5.75 Å². The van der Waals surface area contributed by atoms with E-state index in [-0.39, 0.29) is 4.90 Å². The predicted octanol–water partition coefficient (Wildman–Crippen LogP) is 5.13. The predicted molar refractivity (Wildman–Crippen MR) is 116 cm³/mol. The SMILES string of the molecule is COc1ccc(S(=O)(=O)Nc2cccc(-c3nc(-c4ccc(C)cc4)co3)c2)cc1. The van der Waals surface area contributed by atoms with Crippen LogP contribution in [0, 0.1) is 6.92 Å². The third-order valence-electron chi connectivity index (χ3n) is 4.58. The van der Waals surface area contributed by atoms with Gasteiger partial charge in [0.15, 0.2) is 0 Å². The zero-order valence-electron chi connectivity index (χ0n) is 16.5. The van der Waals surface area contributed by atoms with Crippen molar-refractivity contribution in [1.82, 2.24) is 4.98 Å². The fourth-order valence-electron chi connectivity index (χ4n) is 2.95. The van der Waals surface area contributed by atoms with E-state index in [2.05, 4.69) is 9.71 Å². The van der Waals surface area contributed by atoms with Gasteiger partial charge in [0.05, 0.1) is 12.0 Å². The van der Waals surface area contributed by atoms with Crippen molar-refractivity contribution in [2.24, 2.45) is 0 Å². The maximum absolute atomic E-state index is 12.7. The van der Waals surface area contributed by atoms with Crippen molar-refractivity contribution < 1.29 is 17.6 Å². The second kappa shape index (κ2) is 8.04. The summed E-state index contributed by atoms with van der Waals surface area (Å²) in [5, 5.41) is 0. The summed E-state index contributed by atoms with van der Waals surface area (Å²) >= 11 is 0. The van der Waals surface area contributed by atoms with E-state index in [9.17, 15) is 8.42 Å². The molecule has 0 saturated carbocycles. The van der Waals surface area contributed by atoms with Gasteiger partial charge < -0.3 is 9.15 Å². The standard InChI is InChI=1S/C23H20N2O4S/c1-16-6-8-17(9-7-16)22-15-29-23(24-22)18-4-3-5-19(14-18)25-30(26,27)21-12-10-20(28-2)11-13-21/h3-15,25H,1-2H3. The van der Waals surface area contributed by atoms with Crippen LogP contribution in [0.3, 0.4) is 0 Å². The molecule has 1 N–H and O–H groups in total. The van der Waals surface area contributed by atoms with Gasteiger partial charge in [-0.15, -0.1) is 0 Å². The van der Waals surface area contributed by atoms with Crippen LogP contribution in [-0.2, 0) is 10.0 Å². The first-order chi connectivity index (χ1) is 14.4. The first kappa shape index (κ1) is 19.7. The summed E-state index contributed by atoms with van der Waals surface area (Å²) in [7, 11) is -2.21. The van der Waals surface area contributed by atoms with Crippen molar-refractivity contribution in [3.05, 3.63) is 84.6 Å². The quantitative estimate of drug-likeness (QED) is 0.468. The highest BCUT2D eigenvalue weighted by atomic mass is 32.2. The Bertz CT molecular complexity index is 1260. The van der Waals surface area contributed by atoms with Gasteiger partial charge in [0, 0.05) is 16.8 Å². The normalized spacial score (nSPS) is 11.3. The van der Waals surface area contributed by atoms with E-state index < -0.39 is 10.0 Å². The third kappa shape index (κ3) is 4.21. The van der Waals surface area contributed by atoms with Crippen LogP contribution in [0.15, 0.2) is 88.4 Å². The van der Waals surface area contributed by atoms with E-state index in [1.54, 1.807) is 36.6 Å². The minimum atomic E-state index is -3.74. The lowest BCUT2D eigenvalue weighted by Crippen LogP contribution is -2.12. The van der Waals surface area contributed by atoms with Crippen LogP contribution in [0.4, 0.5) is 5.69 Å². The molecule has 6 nitrogen and oxygen atoms in total. The summed E-state index contributed by atoms with van der Waals surface area (Å²) in [5.74, 6) is 1.00. The van der Waals surface area contributed by atoms with Gasteiger partial charge in [0.1, 0.15) is 17.7 Å². The Morgan fingerprint density at radius 1 is 0.933 bits per heavy atom. The second-order valence-corrected chi connectivity index (χ2v) is 8.45. The van der Waals surface area contributed by atoms with Crippen molar-refractivity contribution >= 4 is 15.7 Å². The van der Waals surface area contributed by atoms with Crippen molar-refractivity contribution in [1.29, 1.82) is 0 Å². The summed E-state index contributed by atoms with van der Waals surface area (Å²) in [4.78, 5) is 4.68. The molecule has 0 saturated heterocycles. The van der Waals surface area contributed by atoms with Gasteiger partial charge >= 0.3 is 0 Å². The highest BCUT2D eigenvalue weighted by Gasteiger charge is 2.15. The molecule has 0 amide bonds. The van der Waals surface area contributed by atoms with Crippen LogP contribution in [0.25, 0.3) is 22.7 Å². The molecule has 3 aromatic carbocycles. The lowest BCUT2D eigenvalue weighted by molar-refractivity contribution is 0.414. The van der Waals surface area contributed by atoms with Crippen LogP contribution < -0.4 is 9.46 Å². The molecule has 0 unspecified atom stereocenters. The highest BCUT2D eigenvalue weighted by molar-refractivity contribution is 7.92. The Balaban J connectivity index is 1.57. The molecule has 0 aliphatic rings. The van der Waals surface area contributed by atoms with Crippen molar-refractivity contribution in [2.45, 2.75) is 11.8 Å². The first-order valence-corrected chi connectivity index (χ1v) is 10.7. The Hall–Kier alpha value is -3.58. The molecular weight excluding hydrogens is 400 g/mol. The minimum absolute atomic E-state index is 0.145. The molecule has 0 aliphatic heterocycles. The fourth-order valence-corrected chi connectivity index (χ4v) is 4.00. The van der Waals surface area contributed by atoms with E-state index in [0.29, 0.717) is 28.6 Å². The van der Waals surface area contributed by atoms with Crippen LogP contribution in [0.2, 0.25) is 0 Å². The molecule has 30 heavy (non-hydrogen) atoms. The zero-order valence-corrected chi connectivity index (χ0v) is 17.3. The summed E-state index contributed by atoms with van der Waals surface area (Å²) in [6, 6.07) is 21.1. The number of anilines is 1. The molecule has 0 aliphatic carbocycles. The van der Waals surface area contributed by atoms with E-state index in [1.165, 1.54) is 24.8 Å². The molecule has 0 atom stereocenters. The first-order valence-electron chi connectivity index (χ1n) is 9.24. The van der Waals surface area contributed by atoms with Gasteiger partial charge in [-0.1, -0.05) is 35.9 Å². The maximum atomic E-state index is 12.7. The number of methoxy groups -OCH3 is 1. The number of nitrogens with zero attached hydrogens (tertiary/aromatic N) is 1. The van der Waals surface area contributed by atoms with Gasteiger partial charge in [-0.3, -0.25) is 4.72 Å². The Morgan fingerprint density at radius 3 is 2.37 bits per heavy atom. The Labute approximate surface area is 175 Å². The van der Waals surface area contributed by atoms with Crippen molar-refractivity contribution in [2.75, 3.05) is 11.8 Å². The number of aromatic nitrogens is 1. The summed E-state index contributed by atoms with van der Waals surface area (Å²) in [6.45, 7) is 2.02. The van der Waals surface area contributed by atoms with Crippen LogP contribution in [-0.4, -0.2) is 20.5 Å². The van der Waals surface area contributed by atoms with Crippen LogP contribution >= 0.6 is 0 Å². The number of aryl methyl sites for hydroxylation is 1. The van der Waals surface area contributed by atoms with E-state index in [0.717, 1.165) is 5.56 Å². The summed E-state index contributed by atoms with van der Waals surface area (Å²) < 4.78 is 38.6. The second-order valence-electron chi connectivity index (χ2n) is 6.77. The Morgan fingerprint density at radius 2 is 1.67 bits per heavy atom. The zero-order chi connectivity index (χ0) is 21.1. The third-order valence-corrected chi connectivity index (χ3v) is 5.98. The number of hydrogen-bond donors (Lipinski definition) is 1. The molecule has 152 valence electrons. The molecule has 0 radical (unpaired) electrons. The smallest absolute Gasteiger partial charge is 0.261 e. The van der Waals surface area contributed by atoms with Gasteiger partial charge in [0.2, 0.25) is 5.89 Å². The highest BCUT2D eigenvalue weighted by Crippen LogP contribution is 2.27. The molecule has 0 spiro atoms. The minimum Gasteiger partial charge on any atom is -0.497 e. The number of sulfonamides is 1. The largest absolute Gasteiger partial charge is 0.497 e. The van der Waals surface area contributed by atoms with Crippen LogP contribution in [0.1, 0.15) is 5.56 Å². The Kier molecular flexibility index (Phi) is 5.29. The molecule has 4 aromatic rings. The lowest BCUT2D eigenvalue weighted by Gasteiger charge is -2.09. The number of ether oxygens (including phenoxy) is 1. The molecule has 0 fully saturated rings.